The smallest absolute Gasteiger partial charge is 0.306 e. The van der Waals surface area contributed by atoms with E-state index in [9.17, 15) is 25.2 Å². The predicted octanol–water partition coefficient (Wildman–Crippen LogP) is 5.12. The Balaban J connectivity index is 1.03. The molecule has 47 heavy (non-hydrogen) atoms. The summed E-state index contributed by atoms with van der Waals surface area (Å²) >= 11 is 0. The highest BCUT2D eigenvalue weighted by Crippen LogP contribution is 2.69. The lowest BCUT2D eigenvalue weighted by molar-refractivity contribution is -0.305. The van der Waals surface area contributed by atoms with Gasteiger partial charge in [-0.3, -0.25) is 4.79 Å². The molecule has 1 saturated heterocycles. The van der Waals surface area contributed by atoms with E-state index in [4.69, 9.17) is 18.9 Å². The van der Waals surface area contributed by atoms with Gasteiger partial charge < -0.3 is 39.4 Å². The lowest BCUT2D eigenvalue weighted by Crippen LogP contribution is -2.60. The zero-order valence-corrected chi connectivity index (χ0v) is 29.6. The third kappa shape index (κ3) is 6.56. The molecule has 0 aromatic carbocycles. The van der Waals surface area contributed by atoms with Crippen molar-refractivity contribution in [3.8, 4) is 0 Å². The summed E-state index contributed by atoms with van der Waals surface area (Å²) in [6, 6.07) is 0. The fourth-order valence-electron chi connectivity index (χ4n) is 11.4. The fourth-order valence-corrected chi connectivity index (χ4v) is 11.4. The molecular formula is C38H62O9. The number of ether oxygens (including phenoxy) is 4. The van der Waals surface area contributed by atoms with Crippen LogP contribution in [0.15, 0.2) is 11.3 Å². The highest BCUT2D eigenvalue weighted by atomic mass is 16.7. The molecule has 0 unspecified atom stereocenters. The van der Waals surface area contributed by atoms with Crippen LogP contribution in [0.2, 0.25) is 0 Å². The molecule has 0 spiro atoms. The second-order valence-electron chi connectivity index (χ2n) is 17.3. The van der Waals surface area contributed by atoms with Crippen molar-refractivity contribution in [1.29, 1.82) is 0 Å². The molecule has 9 heteroatoms. The van der Waals surface area contributed by atoms with Crippen LogP contribution < -0.4 is 0 Å². The van der Waals surface area contributed by atoms with Crippen molar-refractivity contribution in [3.05, 3.63) is 11.3 Å². The van der Waals surface area contributed by atoms with Crippen molar-refractivity contribution in [3.63, 3.8) is 0 Å². The van der Waals surface area contributed by atoms with Crippen LogP contribution in [-0.4, -0.2) is 82.5 Å². The molecule has 15 atom stereocenters. The molecule has 4 aliphatic carbocycles. The lowest BCUT2D eigenvalue weighted by Gasteiger charge is -2.60. The normalized spacial score (nSPS) is 46.7. The minimum atomic E-state index is -1.37. The van der Waals surface area contributed by atoms with Gasteiger partial charge in [-0.25, -0.2) is 0 Å². The van der Waals surface area contributed by atoms with Gasteiger partial charge in [0.15, 0.2) is 12.4 Å². The topological polar surface area (TPSA) is 135 Å². The second-order valence-corrected chi connectivity index (χ2v) is 17.3. The molecule has 0 bridgehead atoms. The van der Waals surface area contributed by atoms with Crippen molar-refractivity contribution in [2.24, 2.45) is 52.3 Å². The summed E-state index contributed by atoms with van der Waals surface area (Å²) in [7, 11) is 0. The van der Waals surface area contributed by atoms with E-state index in [-0.39, 0.29) is 35.9 Å². The zero-order chi connectivity index (χ0) is 33.8. The largest absolute Gasteiger partial charge is 0.494 e. The van der Waals surface area contributed by atoms with Gasteiger partial charge in [0.1, 0.15) is 24.4 Å². The fraction of sp³-hybridized carbons (Fsp3) is 0.921. The Hall–Kier alpha value is -1.23. The van der Waals surface area contributed by atoms with Gasteiger partial charge in [-0.15, -0.1) is 0 Å². The summed E-state index contributed by atoms with van der Waals surface area (Å²) in [5, 5.41) is 41.7. The van der Waals surface area contributed by atoms with Crippen LogP contribution in [0, 0.1) is 52.3 Å². The van der Waals surface area contributed by atoms with Crippen LogP contribution >= 0.6 is 0 Å². The molecule has 2 heterocycles. The van der Waals surface area contributed by atoms with Crippen molar-refractivity contribution in [2.45, 2.75) is 155 Å². The van der Waals surface area contributed by atoms with Gasteiger partial charge in [0.05, 0.1) is 25.1 Å². The molecule has 2 aliphatic heterocycles. The second kappa shape index (κ2) is 13.8. The molecule has 6 rings (SSSR count). The Morgan fingerprint density at radius 2 is 1.72 bits per heavy atom. The van der Waals surface area contributed by atoms with Crippen molar-refractivity contribution in [1.82, 2.24) is 0 Å². The van der Waals surface area contributed by atoms with E-state index in [1.165, 1.54) is 37.7 Å². The van der Waals surface area contributed by atoms with E-state index < -0.39 is 43.3 Å². The molecule has 9 nitrogen and oxygen atoms in total. The molecule has 5 fully saturated rings. The monoisotopic (exact) mass is 662 g/mol. The Bertz CT molecular complexity index is 1160. The average molecular weight is 663 g/mol. The summed E-state index contributed by atoms with van der Waals surface area (Å²) in [5.41, 5.74) is 2.10. The van der Waals surface area contributed by atoms with Gasteiger partial charge >= 0.3 is 5.97 Å². The number of aliphatic hydroxyl groups excluding tert-OH is 4. The highest BCUT2D eigenvalue weighted by Gasteiger charge is 2.64. The van der Waals surface area contributed by atoms with Crippen LogP contribution in [-0.2, 0) is 23.7 Å². The predicted molar refractivity (Wildman–Crippen MR) is 176 cm³/mol. The highest BCUT2D eigenvalue weighted by molar-refractivity contribution is 5.69. The Morgan fingerprint density at radius 3 is 2.45 bits per heavy atom. The summed E-state index contributed by atoms with van der Waals surface area (Å²) < 4.78 is 23.9. The third-order valence-electron chi connectivity index (χ3n) is 13.9. The summed E-state index contributed by atoms with van der Waals surface area (Å²) in [5.74, 6) is 4.26. The number of esters is 1. The number of fused-ring (bicyclic) bond motifs is 7. The van der Waals surface area contributed by atoms with Crippen LogP contribution in [0.1, 0.15) is 112 Å². The number of aliphatic hydroxyl groups is 4. The molecule has 0 aromatic rings. The Morgan fingerprint density at radius 1 is 0.979 bits per heavy atom. The van der Waals surface area contributed by atoms with E-state index in [2.05, 4.69) is 27.7 Å². The van der Waals surface area contributed by atoms with Crippen LogP contribution in [0.5, 0.6) is 0 Å². The van der Waals surface area contributed by atoms with E-state index in [1.807, 2.05) is 13.8 Å². The zero-order valence-electron chi connectivity index (χ0n) is 29.6. The number of hydrogen-bond acceptors (Lipinski definition) is 9. The maximum atomic E-state index is 12.3. The van der Waals surface area contributed by atoms with E-state index in [0.29, 0.717) is 29.8 Å². The van der Waals surface area contributed by atoms with Crippen LogP contribution in [0.25, 0.3) is 0 Å². The molecule has 6 aliphatic rings. The third-order valence-corrected chi connectivity index (χ3v) is 13.9. The first-order chi connectivity index (χ1) is 22.3. The molecule has 4 saturated carbocycles. The van der Waals surface area contributed by atoms with E-state index in [0.717, 1.165) is 49.7 Å². The van der Waals surface area contributed by atoms with Crippen molar-refractivity contribution in [2.75, 3.05) is 13.2 Å². The number of carbonyl (C=O) groups excluding carboxylic acids is 1. The van der Waals surface area contributed by atoms with E-state index >= 15 is 0 Å². The van der Waals surface area contributed by atoms with Gasteiger partial charge in [0.25, 0.3) is 0 Å². The number of hydrogen-bond donors (Lipinski definition) is 4. The van der Waals surface area contributed by atoms with Gasteiger partial charge in [0, 0.05) is 18.8 Å². The summed E-state index contributed by atoms with van der Waals surface area (Å²) in [6.45, 7) is 13.1. The summed E-state index contributed by atoms with van der Waals surface area (Å²) in [6.07, 6.45) is 5.36. The molecule has 0 radical (unpaired) electrons. The van der Waals surface area contributed by atoms with Crippen LogP contribution in [0.3, 0.4) is 0 Å². The first kappa shape index (κ1) is 35.6. The SMILES string of the molecule is CC1=C(CC[C@@H](C)CO[C@@H]2O[C@H](CO)[C@@H](O)[C@H](OC(=O)CC(C)C)[C@H]2O)O[C@H]2C[C@H]3[C@@H]4CC[C@H]5C[C@@H](O)CC[C@]5(C)[C@H]4CC[C@]3(C)[C@@H]12. The van der Waals surface area contributed by atoms with E-state index in [1.54, 1.807) is 0 Å². The Kier molecular flexibility index (Phi) is 10.5. The molecule has 268 valence electrons. The molecular weight excluding hydrogens is 600 g/mol. The van der Waals surface area contributed by atoms with Crippen molar-refractivity contribution < 1.29 is 44.2 Å². The number of allylic oxidation sites excluding steroid dienone is 1. The minimum Gasteiger partial charge on any atom is -0.494 e. The minimum absolute atomic E-state index is 0.0704. The molecule has 4 N–H and O–H groups in total. The van der Waals surface area contributed by atoms with Gasteiger partial charge in [0.2, 0.25) is 0 Å². The maximum absolute atomic E-state index is 12.3. The first-order valence-corrected chi connectivity index (χ1v) is 18.7. The number of rotatable bonds is 10. The molecule has 0 aromatic heterocycles. The number of carbonyl (C=O) groups is 1. The quantitative estimate of drug-likeness (QED) is 0.235. The lowest BCUT2D eigenvalue weighted by atomic mass is 9.44. The molecule has 0 amide bonds. The standard InChI is InChI=1S/C38H62O9/c1-20(2)15-31(41)47-35-33(42)30(18-39)46-36(34(35)43)44-19-21(3)7-10-28-22(4)32-29(45-28)17-27-25-9-8-23-16-24(40)11-13-37(23,5)26(25)12-14-38(27,32)6/h20-21,23-27,29-30,32-36,39-40,42-43H,7-19H2,1-6H3/t21-,23+,24+,25-,26+,27+,29+,30-,32+,33-,34-,35+,36-,37+,38+/m1/s1. The van der Waals surface area contributed by atoms with Crippen LogP contribution in [0.4, 0.5) is 0 Å². The summed E-state index contributed by atoms with van der Waals surface area (Å²) in [4.78, 5) is 12.3. The average Bonchev–Trinajstić information content (AvgIpc) is 3.50. The Labute approximate surface area is 281 Å². The van der Waals surface area contributed by atoms with Gasteiger partial charge in [-0.05, 0) is 117 Å². The maximum Gasteiger partial charge on any atom is 0.306 e. The van der Waals surface area contributed by atoms with Gasteiger partial charge in [-0.2, -0.15) is 0 Å². The van der Waals surface area contributed by atoms with Crippen molar-refractivity contribution >= 4 is 5.97 Å². The first-order valence-electron chi connectivity index (χ1n) is 18.7. The van der Waals surface area contributed by atoms with Gasteiger partial charge in [-0.1, -0.05) is 34.6 Å².